The summed E-state index contributed by atoms with van der Waals surface area (Å²) in [6, 6.07) is 32.1. The van der Waals surface area contributed by atoms with Crippen LogP contribution in [0.25, 0.3) is 10.8 Å². The second-order valence-electron chi connectivity index (χ2n) is 7.77. The summed E-state index contributed by atoms with van der Waals surface area (Å²) < 4.78 is 2.76. The number of nitrogens with one attached hydrogen (secondary N) is 3. The maximum Gasteiger partial charge on any atom is 0.271 e. The maximum absolute atomic E-state index is 12.5. The van der Waals surface area contributed by atoms with Gasteiger partial charge in [0.1, 0.15) is 16.4 Å². The van der Waals surface area contributed by atoms with E-state index in [4.69, 9.17) is 5.73 Å². The number of para-hydroxylation sites is 1. The first kappa shape index (κ1) is 21.5. The molecule has 6 nitrogen and oxygen atoms in total. The third kappa shape index (κ3) is 4.69. The number of hydrogen-bond acceptors (Lipinski definition) is 5. The Bertz CT molecular complexity index is 1500. The highest BCUT2D eigenvalue weighted by atomic mass is 32.1. The standard InChI is InChI=1S/C27H23N5OS/c28-25(29-17-19-9-6-8-18-7-4-5-12-23(18)19)24-26(33)32-34-27(24)31-22-15-13-21(14-16-22)30-20-10-2-1-3-11-20/h1-16,30-31H,17H2,(H2,28,29)(H,32,33). The first-order valence-corrected chi connectivity index (χ1v) is 11.7. The van der Waals surface area contributed by atoms with Crippen molar-refractivity contribution in [1.82, 2.24) is 4.37 Å². The van der Waals surface area contributed by atoms with Crippen molar-refractivity contribution in [2.45, 2.75) is 6.54 Å². The van der Waals surface area contributed by atoms with Crippen molar-refractivity contribution in [2.24, 2.45) is 10.7 Å². The van der Waals surface area contributed by atoms with Crippen molar-refractivity contribution in [3.05, 3.63) is 119 Å². The summed E-state index contributed by atoms with van der Waals surface area (Å²) >= 11 is 1.21. The molecule has 5 N–H and O–H groups in total. The van der Waals surface area contributed by atoms with E-state index in [0.29, 0.717) is 17.1 Å². The van der Waals surface area contributed by atoms with E-state index < -0.39 is 0 Å². The van der Waals surface area contributed by atoms with Gasteiger partial charge in [-0.2, -0.15) is 0 Å². The Kier molecular flexibility index (Phi) is 6.09. The van der Waals surface area contributed by atoms with Crippen LogP contribution in [0.4, 0.5) is 22.1 Å². The summed E-state index contributed by atoms with van der Waals surface area (Å²) in [4.78, 5) is 17.0. The molecule has 5 rings (SSSR count). The summed E-state index contributed by atoms with van der Waals surface area (Å²) in [5.41, 5.74) is 10.3. The fourth-order valence-corrected chi connectivity index (χ4v) is 4.52. The number of benzene rings is 4. The van der Waals surface area contributed by atoms with E-state index in [0.717, 1.165) is 33.4 Å². The van der Waals surface area contributed by atoms with E-state index in [1.165, 1.54) is 11.5 Å². The van der Waals surface area contributed by atoms with Crippen LogP contribution in [0.1, 0.15) is 11.1 Å². The number of nitrogens with zero attached hydrogens (tertiary/aromatic N) is 1. The fourth-order valence-electron chi connectivity index (χ4n) is 3.76. The number of H-pyrrole nitrogens is 1. The highest BCUT2D eigenvalue weighted by Crippen LogP contribution is 2.25. The smallest absolute Gasteiger partial charge is 0.271 e. The fraction of sp³-hybridized carbons (Fsp3) is 0.0370. The highest BCUT2D eigenvalue weighted by molar-refractivity contribution is 7.10. The number of anilines is 4. The van der Waals surface area contributed by atoms with Crippen LogP contribution in [0.2, 0.25) is 0 Å². The van der Waals surface area contributed by atoms with Crippen molar-refractivity contribution < 1.29 is 0 Å². The summed E-state index contributed by atoms with van der Waals surface area (Å²) in [5.74, 6) is 0.209. The minimum atomic E-state index is -0.256. The van der Waals surface area contributed by atoms with Crippen LogP contribution in [-0.2, 0) is 6.54 Å². The molecule has 34 heavy (non-hydrogen) atoms. The molecule has 0 radical (unpaired) electrons. The predicted octanol–water partition coefficient (Wildman–Crippen LogP) is 5.98. The Morgan fingerprint density at radius 2 is 1.44 bits per heavy atom. The Balaban J connectivity index is 1.34. The molecule has 7 heteroatoms. The number of fused-ring (bicyclic) bond motifs is 1. The van der Waals surface area contributed by atoms with Crippen molar-refractivity contribution in [3.63, 3.8) is 0 Å². The molecule has 0 bridgehead atoms. The monoisotopic (exact) mass is 465 g/mol. The zero-order valence-corrected chi connectivity index (χ0v) is 19.1. The molecule has 0 atom stereocenters. The third-order valence-electron chi connectivity index (χ3n) is 5.46. The molecule has 0 amide bonds. The zero-order valence-electron chi connectivity index (χ0n) is 18.3. The van der Waals surface area contributed by atoms with Crippen molar-refractivity contribution in [2.75, 3.05) is 10.6 Å². The molecule has 4 aromatic carbocycles. The van der Waals surface area contributed by atoms with Crippen LogP contribution < -0.4 is 21.9 Å². The van der Waals surface area contributed by atoms with Gasteiger partial charge in [-0.15, -0.1) is 0 Å². The molecule has 1 aromatic heterocycles. The van der Waals surface area contributed by atoms with E-state index in [2.05, 4.69) is 38.2 Å². The molecule has 0 aliphatic carbocycles. The number of amidine groups is 1. The van der Waals surface area contributed by atoms with Gasteiger partial charge in [-0.3, -0.25) is 14.2 Å². The van der Waals surface area contributed by atoms with E-state index in [1.54, 1.807) is 0 Å². The largest absolute Gasteiger partial charge is 0.383 e. The van der Waals surface area contributed by atoms with Crippen LogP contribution in [0.5, 0.6) is 0 Å². The highest BCUT2D eigenvalue weighted by Gasteiger charge is 2.15. The molecule has 0 aliphatic heterocycles. The molecule has 0 unspecified atom stereocenters. The van der Waals surface area contributed by atoms with Gasteiger partial charge in [-0.1, -0.05) is 60.7 Å². The normalized spacial score (nSPS) is 11.5. The quantitative estimate of drug-likeness (QED) is 0.176. The van der Waals surface area contributed by atoms with E-state index in [1.807, 2.05) is 78.9 Å². The summed E-state index contributed by atoms with van der Waals surface area (Å²) in [5, 5.41) is 9.55. The minimum Gasteiger partial charge on any atom is -0.383 e. The summed E-state index contributed by atoms with van der Waals surface area (Å²) in [7, 11) is 0. The molecule has 1 heterocycles. The lowest BCUT2D eigenvalue weighted by atomic mass is 10.0. The number of aromatic nitrogens is 1. The topological polar surface area (TPSA) is 95.3 Å². The second-order valence-corrected chi connectivity index (χ2v) is 8.59. The number of aliphatic imine (C=N–C) groups is 1. The van der Waals surface area contributed by atoms with Crippen molar-refractivity contribution in [1.29, 1.82) is 0 Å². The zero-order chi connectivity index (χ0) is 23.3. The van der Waals surface area contributed by atoms with Crippen LogP contribution >= 0.6 is 11.5 Å². The van der Waals surface area contributed by atoms with E-state index in [-0.39, 0.29) is 11.4 Å². The van der Waals surface area contributed by atoms with Crippen LogP contribution in [0.15, 0.2) is 107 Å². The molecule has 5 aromatic rings. The summed E-state index contributed by atoms with van der Waals surface area (Å²) in [6.45, 7) is 0.391. The van der Waals surface area contributed by atoms with Gasteiger partial charge in [0.25, 0.3) is 5.56 Å². The van der Waals surface area contributed by atoms with Gasteiger partial charge in [0.05, 0.1) is 6.54 Å². The second kappa shape index (κ2) is 9.64. The van der Waals surface area contributed by atoms with Crippen LogP contribution in [-0.4, -0.2) is 10.2 Å². The van der Waals surface area contributed by atoms with E-state index in [9.17, 15) is 4.79 Å². The summed E-state index contributed by atoms with van der Waals surface area (Å²) in [6.07, 6.45) is 0. The minimum absolute atomic E-state index is 0.209. The SMILES string of the molecule is NC(=NCc1cccc2ccccc12)c1c(Nc2ccc(Nc3ccccc3)cc2)s[nH]c1=O. The maximum atomic E-state index is 12.5. The van der Waals surface area contributed by atoms with Gasteiger partial charge in [0.15, 0.2) is 0 Å². The van der Waals surface area contributed by atoms with Crippen molar-refractivity contribution in [3.8, 4) is 0 Å². The van der Waals surface area contributed by atoms with Gasteiger partial charge in [-0.05, 0) is 64.3 Å². The average Bonchev–Trinajstić information content (AvgIpc) is 3.24. The lowest BCUT2D eigenvalue weighted by Crippen LogP contribution is -2.22. The number of hydrogen-bond donors (Lipinski definition) is 4. The Morgan fingerprint density at radius 3 is 2.24 bits per heavy atom. The van der Waals surface area contributed by atoms with Gasteiger partial charge in [0.2, 0.25) is 0 Å². The van der Waals surface area contributed by atoms with Crippen LogP contribution in [0, 0.1) is 0 Å². The van der Waals surface area contributed by atoms with Crippen molar-refractivity contribution >= 4 is 50.2 Å². The Morgan fingerprint density at radius 1 is 0.794 bits per heavy atom. The molecule has 0 fully saturated rings. The average molecular weight is 466 g/mol. The number of aromatic amines is 1. The molecule has 0 saturated heterocycles. The molecular formula is C27H23N5OS. The lowest BCUT2D eigenvalue weighted by Gasteiger charge is -2.09. The Labute approximate surface area is 201 Å². The molecule has 168 valence electrons. The first-order valence-electron chi connectivity index (χ1n) is 10.8. The predicted molar refractivity (Wildman–Crippen MR) is 143 cm³/mol. The Hall–Kier alpha value is -4.36. The van der Waals surface area contributed by atoms with Gasteiger partial charge in [-0.25, -0.2) is 0 Å². The third-order valence-corrected chi connectivity index (χ3v) is 6.26. The van der Waals surface area contributed by atoms with Gasteiger partial charge >= 0.3 is 0 Å². The molecule has 0 aliphatic rings. The molecular weight excluding hydrogens is 442 g/mol. The first-order chi connectivity index (χ1) is 16.7. The molecule has 0 saturated carbocycles. The number of nitrogens with two attached hydrogens (primary N) is 1. The van der Waals surface area contributed by atoms with Crippen LogP contribution in [0.3, 0.4) is 0 Å². The molecule has 0 spiro atoms. The van der Waals surface area contributed by atoms with E-state index >= 15 is 0 Å². The number of rotatable bonds is 7. The lowest BCUT2D eigenvalue weighted by molar-refractivity contribution is 1.07. The van der Waals surface area contributed by atoms with Gasteiger partial charge in [0, 0.05) is 17.1 Å². The van der Waals surface area contributed by atoms with Gasteiger partial charge < -0.3 is 16.4 Å².